The monoisotopic (exact) mass is 411 g/mol. The lowest BCUT2D eigenvalue weighted by Gasteiger charge is -2.34. The van der Waals surface area contributed by atoms with Crippen molar-refractivity contribution in [3.05, 3.63) is 84.6 Å². The SMILES string of the molecule is O=C1CN(C(=O)c2ccc(-c3cccnc3)cc2)CCN1Cc1cc2cnccc2[nH]1. The Balaban J connectivity index is 1.23. The van der Waals surface area contributed by atoms with Crippen LogP contribution in [0.15, 0.2) is 73.3 Å². The molecule has 2 amide bonds. The van der Waals surface area contributed by atoms with Crippen LogP contribution in [0.2, 0.25) is 0 Å². The van der Waals surface area contributed by atoms with E-state index in [0.717, 1.165) is 27.7 Å². The zero-order chi connectivity index (χ0) is 21.2. The molecule has 31 heavy (non-hydrogen) atoms. The average molecular weight is 411 g/mol. The number of H-pyrrole nitrogens is 1. The van der Waals surface area contributed by atoms with E-state index in [1.54, 1.807) is 46.7 Å². The Morgan fingerprint density at radius 2 is 1.81 bits per heavy atom. The number of amides is 2. The maximum atomic E-state index is 12.9. The number of hydrogen-bond donors (Lipinski definition) is 1. The van der Waals surface area contributed by atoms with Crippen molar-refractivity contribution in [1.82, 2.24) is 24.8 Å². The minimum Gasteiger partial charge on any atom is -0.357 e. The van der Waals surface area contributed by atoms with Crippen LogP contribution in [0.1, 0.15) is 16.1 Å². The highest BCUT2D eigenvalue weighted by atomic mass is 16.2. The molecule has 3 aromatic heterocycles. The lowest BCUT2D eigenvalue weighted by Crippen LogP contribution is -2.51. The molecular formula is C24H21N5O2. The molecule has 0 spiro atoms. The zero-order valence-corrected chi connectivity index (χ0v) is 16.9. The van der Waals surface area contributed by atoms with Crippen LogP contribution in [0.4, 0.5) is 0 Å². The van der Waals surface area contributed by atoms with E-state index >= 15 is 0 Å². The summed E-state index contributed by atoms with van der Waals surface area (Å²) >= 11 is 0. The minimum absolute atomic E-state index is 0.0524. The molecule has 154 valence electrons. The highest BCUT2D eigenvalue weighted by molar-refractivity contribution is 5.97. The molecule has 1 saturated heterocycles. The molecule has 7 nitrogen and oxygen atoms in total. The number of rotatable bonds is 4. The number of piperazine rings is 1. The summed E-state index contributed by atoms with van der Waals surface area (Å²) in [6.45, 7) is 1.60. The Hall–Kier alpha value is -4.00. The summed E-state index contributed by atoms with van der Waals surface area (Å²) in [5.74, 6) is -0.175. The van der Waals surface area contributed by atoms with Gasteiger partial charge in [0.1, 0.15) is 6.54 Å². The van der Waals surface area contributed by atoms with E-state index in [1.807, 2.05) is 36.4 Å². The summed E-state index contributed by atoms with van der Waals surface area (Å²) in [6, 6.07) is 15.2. The molecule has 1 aliphatic rings. The number of aromatic nitrogens is 3. The fourth-order valence-corrected chi connectivity index (χ4v) is 3.89. The molecule has 1 aromatic carbocycles. The Labute approximate surface area is 179 Å². The smallest absolute Gasteiger partial charge is 0.254 e. The Morgan fingerprint density at radius 3 is 2.55 bits per heavy atom. The van der Waals surface area contributed by atoms with Crippen LogP contribution >= 0.6 is 0 Å². The molecule has 7 heteroatoms. The molecule has 4 aromatic rings. The molecular weight excluding hydrogens is 390 g/mol. The summed E-state index contributed by atoms with van der Waals surface area (Å²) in [4.78, 5) is 40.6. The van der Waals surface area contributed by atoms with E-state index in [-0.39, 0.29) is 18.4 Å². The first-order valence-corrected chi connectivity index (χ1v) is 10.2. The molecule has 5 rings (SSSR count). The largest absolute Gasteiger partial charge is 0.357 e. The van der Waals surface area contributed by atoms with E-state index in [0.29, 0.717) is 25.2 Å². The van der Waals surface area contributed by atoms with Crippen molar-refractivity contribution < 1.29 is 9.59 Å². The van der Waals surface area contributed by atoms with Gasteiger partial charge in [-0.1, -0.05) is 18.2 Å². The fraction of sp³-hybridized carbons (Fsp3) is 0.167. The van der Waals surface area contributed by atoms with Gasteiger partial charge in [-0.3, -0.25) is 19.6 Å². The molecule has 4 heterocycles. The second-order valence-corrected chi connectivity index (χ2v) is 7.62. The second kappa shape index (κ2) is 8.02. The first kappa shape index (κ1) is 19.0. The highest BCUT2D eigenvalue weighted by Crippen LogP contribution is 2.20. The molecule has 1 N–H and O–H groups in total. The lowest BCUT2D eigenvalue weighted by molar-refractivity contribution is -0.135. The first-order valence-electron chi connectivity index (χ1n) is 10.2. The van der Waals surface area contributed by atoms with Crippen LogP contribution in [0, 0.1) is 0 Å². The van der Waals surface area contributed by atoms with Gasteiger partial charge < -0.3 is 14.8 Å². The van der Waals surface area contributed by atoms with Gasteiger partial charge in [0.05, 0.1) is 6.54 Å². The molecule has 0 radical (unpaired) electrons. The average Bonchev–Trinajstić information content (AvgIpc) is 3.23. The Bertz CT molecular complexity index is 1200. The van der Waals surface area contributed by atoms with Gasteiger partial charge in [0, 0.05) is 60.0 Å². The summed E-state index contributed by atoms with van der Waals surface area (Å²) in [5, 5.41) is 1.02. The normalized spacial score (nSPS) is 14.3. The predicted molar refractivity (Wildman–Crippen MR) is 117 cm³/mol. The number of nitrogens with zero attached hydrogens (tertiary/aromatic N) is 4. The molecule has 0 bridgehead atoms. The minimum atomic E-state index is -0.123. The molecule has 0 atom stereocenters. The van der Waals surface area contributed by atoms with Gasteiger partial charge in [-0.25, -0.2) is 0 Å². The van der Waals surface area contributed by atoms with E-state index in [2.05, 4.69) is 15.0 Å². The molecule has 1 aliphatic heterocycles. The number of fused-ring (bicyclic) bond motifs is 1. The van der Waals surface area contributed by atoms with Gasteiger partial charge in [0.25, 0.3) is 5.91 Å². The summed E-state index contributed by atoms with van der Waals surface area (Å²) in [6.07, 6.45) is 7.06. The van der Waals surface area contributed by atoms with Crippen molar-refractivity contribution in [3.63, 3.8) is 0 Å². The van der Waals surface area contributed by atoms with Gasteiger partial charge in [-0.15, -0.1) is 0 Å². The van der Waals surface area contributed by atoms with Crippen molar-refractivity contribution in [2.75, 3.05) is 19.6 Å². The van der Waals surface area contributed by atoms with Crippen LogP contribution in [0.25, 0.3) is 22.0 Å². The summed E-state index contributed by atoms with van der Waals surface area (Å²) in [5.41, 5.74) is 4.54. The number of benzene rings is 1. The zero-order valence-electron chi connectivity index (χ0n) is 16.9. The van der Waals surface area contributed by atoms with E-state index in [4.69, 9.17) is 0 Å². The van der Waals surface area contributed by atoms with Gasteiger partial charge in [-0.05, 0) is 41.5 Å². The van der Waals surface area contributed by atoms with Crippen molar-refractivity contribution >= 4 is 22.7 Å². The number of nitrogens with one attached hydrogen (secondary N) is 1. The van der Waals surface area contributed by atoms with Gasteiger partial charge in [0.15, 0.2) is 0 Å². The number of carbonyl (C=O) groups is 2. The number of pyridine rings is 2. The van der Waals surface area contributed by atoms with E-state index in [1.165, 1.54) is 0 Å². The van der Waals surface area contributed by atoms with E-state index in [9.17, 15) is 9.59 Å². The van der Waals surface area contributed by atoms with Gasteiger partial charge in [-0.2, -0.15) is 0 Å². The van der Waals surface area contributed by atoms with Crippen LogP contribution in [-0.2, 0) is 11.3 Å². The molecule has 0 unspecified atom stereocenters. The summed E-state index contributed by atoms with van der Waals surface area (Å²) in [7, 11) is 0. The van der Waals surface area contributed by atoms with Crippen molar-refractivity contribution in [2.45, 2.75) is 6.54 Å². The van der Waals surface area contributed by atoms with Crippen molar-refractivity contribution in [2.24, 2.45) is 0 Å². The molecule has 1 fully saturated rings. The molecule has 0 saturated carbocycles. The standard InChI is InChI=1S/C24H21N5O2/c30-23-16-29(11-10-28(23)15-21-12-20-14-26-9-7-22(20)27-21)24(31)18-5-3-17(4-6-18)19-2-1-8-25-13-19/h1-9,12-14,27H,10-11,15-16H2. The molecule has 0 aliphatic carbocycles. The number of aromatic amines is 1. The summed E-state index contributed by atoms with van der Waals surface area (Å²) < 4.78 is 0. The quantitative estimate of drug-likeness (QED) is 0.559. The van der Waals surface area contributed by atoms with Crippen LogP contribution in [0.3, 0.4) is 0 Å². The van der Waals surface area contributed by atoms with Crippen LogP contribution in [0.5, 0.6) is 0 Å². The predicted octanol–water partition coefficient (Wildman–Crippen LogP) is 3.11. The van der Waals surface area contributed by atoms with Gasteiger partial charge >= 0.3 is 0 Å². The highest BCUT2D eigenvalue weighted by Gasteiger charge is 2.28. The van der Waals surface area contributed by atoms with E-state index < -0.39 is 0 Å². The third-order valence-corrected chi connectivity index (χ3v) is 5.57. The lowest BCUT2D eigenvalue weighted by atomic mass is 10.0. The van der Waals surface area contributed by atoms with Crippen molar-refractivity contribution in [3.8, 4) is 11.1 Å². The fourth-order valence-electron chi connectivity index (χ4n) is 3.89. The Morgan fingerprint density at radius 1 is 0.968 bits per heavy atom. The topological polar surface area (TPSA) is 82.2 Å². The van der Waals surface area contributed by atoms with Gasteiger partial charge in [0.2, 0.25) is 5.91 Å². The maximum absolute atomic E-state index is 12.9. The number of carbonyl (C=O) groups excluding carboxylic acids is 2. The van der Waals surface area contributed by atoms with Crippen LogP contribution < -0.4 is 0 Å². The maximum Gasteiger partial charge on any atom is 0.254 e. The number of hydrogen-bond acceptors (Lipinski definition) is 4. The van der Waals surface area contributed by atoms with Crippen LogP contribution in [-0.4, -0.2) is 56.2 Å². The second-order valence-electron chi connectivity index (χ2n) is 7.62. The first-order chi connectivity index (χ1) is 15.2. The third kappa shape index (κ3) is 3.90. The van der Waals surface area contributed by atoms with Crippen molar-refractivity contribution in [1.29, 1.82) is 0 Å². The Kier molecular flexibility index (Phi) is 4.92. The third-order valence-electron chi connectivity index (χ3n) is 5.57.